The third-order valence-electron chi connectivity index (χ3n) is 3.72. The predicted molar refractivity (Wildman–Crippen MR) is 99.0 cm³/mol. The molecule has 0 fully saturated rings. The molecule has 0 radical (unpaired) electrons. The molecule has 0 unspecified atom stereocenters. The minimum Gasteiger partial charge on any atom is -0.493 e. The summed E-state index contributed by atoms with van der Waals surface area (Å²) in [6, 6.07) is 11.6. The molecule has 0 aliphatic heterocycles. The molecule has 0 spiro atoms. The number of ether oxygens (including phenoxy) is 3. The van der Waals surface area contributed by atoms with Crippen LogP contribution in [0.5, 0.6) is 17.2 Å². The van der Waals surface area contributed by atoms with Crippen molar-refractivity contribution in [2.75, 3.05) is 32.0 Å². The van der Waals surface area contributed by atoms with Gasteiger partial charge in [-0.2, -0.15) is 5.26 Å². The lowest BCUT2D eigenvalue weighted by Crippen LogP contribution is -2.31. The Morgan fingerprint density at radius 2 is 1.58 bits per heavy atom. The summed E-state index contributed by atoms with van der Waals surface area (Å²) in [5, 5.41) is 14.7. The summed E-state index contributed by atoms with van der Waals surface area (Å²) in [6.45, 7) is 1.74. The van der Waals surface area contributed by atoms with E-state index in [2.05, 4.69) is 10.6 Å². The van der Waals surface area contributed by atoms with Gasteiger partial charge in [-0.25, -0.2) is 0 Å². The number of nitrogens with one attached hydrogen (secondary N) is 2. The van der Waals surface area contributed by atoms with Crippen LogP contribution in [-0.4, -0.2) is 33.3 Å². The zero-order chi connectivity index (χ0) is 19.1. The number of methoxy groups -OCH3 is 3. The normalized spacial score (nSPS) is 11.0. The van der Waals surface area contributed by atoms with Crippen LogP contribution in [0.3, 0.4) is 0 Å². The predicted octanol–water partition coefficient (Wildman–Crippen LogP) is 3.02. The Bertz CT molecular complexity index is 788. The standard InChI is InChI=1S/C19H21N3O4/c1-12(19(23)22-14-7-5-13(11-20)6-8-14)21-15-9-16(24-2)18(26-4)17(10-15)25-3/h5-10,12,21H,1-4H3,(H,22,23)/t12-/m1/s1. The van der Waals surface area contributed by atoms with Crippen LogP contribution < -0.4 is 24.8 Å². The van der Waals surface area contributed by atoms with Crippen LogP contribution >= 0.6 is 0 Å². The van der Waals surface area contributed by atoms with Crippen LogP contribution in [0.2, 0.25) is 0 Å². The van der Waals surface area contributed by atoms with Gasteiger partial charge in [0.2, 0.25) is 11.7 Å². The summed E-state index contributed by atoms with van der Waals surface area (Å²) in [5.41, 5.74) is 1.81. The van der Waals surface area contributed by atoms with E-state index in [-0.39, 0.29) is 5.91 Å². The number of benzene rings is 2. The van der Waals surface area contributed by atoms with Gasteiger partial charge in [0, 0.05) is 23.5 Å². The smallest absolute Gasteiger partial charge is 0.246 e. The fourth-order valence-electron chi connectivity index (χ4n) is 2.36. The molecule has 7 nitrogen and oxygen atoms in total. The molecule has 0 heterocycles. The average molecular weight is 355 g/mol. The molecule has 1 amide bonds. The van der Waals surface area contributed by atoms with Gasteiger partial charge < -0.3 is 24.8 Å². The SMILES string of the molecule is COc1cc(N[C@H](C)C(=O)Nc2ccc(C#N)cc2)cc(OC)c1OC. The number of nitriles is 1. The van der Waals surface area contributed by atoms with Crippen molar-refractivity contribution in [1.82, 2.24) is 0 Å². The van der Waals surface area contributed by atoms with Gasteiger partial charge in [-0.1, -0.05) is 0 Å². The van der Waals surface area contributed by atoms with Crippen molar-refractivity contribution < 1.29 is 19.0 Å². The van der Waals surface area contributed by atoms with Crippen LogP contribution in [0, 0.1) is 11.3 Å². The Balaban J connectivity index is 2.11. The highest BCUT2D eigenvalue weighted by Crippen LogP contribution is 2.40. The maximum Gasteiger partial charge on any atom is 0.246 e. The first-order chi connectivity index (χ1) is 12.5. The van der Waals surface area contributed by atoms with E-state index in [0.29, 0.717) is 34.2 Å². The Kier molecular flexibility index (Phi) is 6.28. The Morgan fingerprint density at radius 3 is 2.04 bits per heavy atom. The monoisotopic (exact) mass is 355 g/mol. The lowest BCUT2D eigenvalue weighted by atomic mass is 10.2. The van der Waals surface area contributed by atoms with Gasteiger partial charge >= 0.3 is 0 Å². The Hall–Kier alpha value is -3.40. The van der Waals surface area contributed by atoms with Gasteiger partial charge in [-0.05, 0) is 31.2 Å². The van der Waals surface area contributed by atoms with Crippen LogP contribution in [0.1, 0.15) is 12.5 Å². The summed E-state index contributed by atoms with van der Waals surface area (Å²) in [4.78, 5) is 12.4. The van der Waals surface area contributed by atoms with E-state index in [4.69, 9.17) is 19.5 Å². The van der Waals surface area contributed by atoms with Gasteiger partial charge in [0.05, 0.1) is 33.0 Å². The van der Waals surface area contributed by atoms with Crippen LogP contribution in [0.4, 0.5) is 11.4 Å². The van der Waals surface area contributed by atoms with Crippen molar-refractivity contribution in [3.05, 3.63) is 42.0 Å². The molecular weight excluding hydrogens is 334 g/mol. The molecule has 136 valence electrons. The summed E-state index contributed by atoms with van der Waals surface area (Å²) in [7, 11) is 4.59. The first-order valence-corrected chi connectivity index (χ1v) is 7.90. The molecule has 2 aromatic carbocycles. The Labute approximate surface area is 152 Å². The van der Waals surface area contributed by atoms with Gasteiger partial charge in [0.25, 0.3) is 0 Å². The van der Waals surface area contributed by atoms with E-state index < -0.39 is 6.04 Å². The summed E-state index contributed by atoms with van der Waals surface area (Å²) >= 11 is 0. The summed E-state index contributed by atoms with van der Waals surface area (Å²) in [6.07, 6.45) is 0. The highest BCUT2D eigenvalue weighted by atomic mass is 16.5. The fourth-order valence-corrected chi connectivity index (χ4v) is 2.36. The minimum absolute atomic E-state index is 0.219. The summed E-state index contributed by atoms with van der Waals surface area (Å²) < 4.78 is 15.9. The second-order valence-electron chi connectivity index (χ2n) is 5.46. The van der Waals surface area contributed by atoms with Gasteiger partial charge in [-0.3, -0.25) is 4.79 Å². The Morgan fingerprint density at radius 1 is 1.00 bits per heavy atom. The van der Waals surface area contributed by atoms with E-state index in [9.17, 15) is 4.79 Å². The zero-order valence-corrected chi connectivity index (χ0v) is 15.1. The fraction of sp³-hybridized carbons (Fsp3) is 0.263. The minimum atomic E-state index is -0.520. The lowest BCUT2D eigenvalue weighted by Gasteiger charge is -2.18. The highest BCUT2D eigenvalue weighted by molar-refractivity contribution is 5.96. The third-order valence-corrected chi connectivity index (χ3v) is 3.72. The molecule has 0 aromatic heterocycles. The van der Waals surface area contributed by atoms with Crippen molar-refractivity contribution in [1.29, 1.82) is 5.26 Å². The molecule has 0 saturated heterocycles. The van der Waals surface area contributed by atoms with Crippen LogP contribution in [0.15, 0.2) is 36.4 Å². The zero-order valence-electron chi connectivity index (χ0n) is 15.1. The number of nitrogens with zero attached hydrogens (tertiary/aromatic N) is 1. The van der Waals surface area contributed by atoms with E-state index in [1.54, 1.807) is 43.3 Å². The quantitative estimate of drug-likeness (QED) is 0.793. The molecular formula is C19H21N3O4. The molecule has 0 aliphatic carbocycles. The number of rotatable bonds is 7. The lowest BCUT2D eigenvalue weighted by molar-refractivity contribution is -0.116. The molecule has 0 aliphatic rings. The second-order valence-corrected chi connectivity index (χ2v) is 5.46. The first-order valence-electron chi connectivity index (χ1n) is 7.90. The second kappa shape index (κ2) is 8.62. The van der Waals surface area contributed by atoms with Crippen LogP contribution in [-0.2, 0) is 4.79 Å². The van der Waals surface area contributed by atoms with Gasteiger partial charge in [0.1, 0.15) is 6.04 Å². The number of carbonyl (C=O) groups is 1. The van der Waals surface area contributed by atoms with Crippen molar-refractivity contribution in [2.45, 2.75) is 13.0 Å². The molecule has 26 heavy (non-hydrogen) atoms. The van der Waals surface area contributed by atoms with Crippen LogP contribution in [0.25, 0.3) is 0 Å². The van der Waals surface area contributed by atoms with Crippen molar-refractivity contribution >= 4 is 17.3 Å². The summed E-state index contributed by atoms with van der Waals surface area (Å²) in [5.74, 6) is 1.25. The number of carbonyl (C=O) groups excluding carboxylic acids is 1. The molecule has 1 atom stereocenters. The van der Waals surface area contributed by atoms with E-state index in [1.807, 2.05) is 6.07 Å². The van der Waals surface area contributed by atoms with E-state index in [0.717, 1.165) is 0 Å². The van der Waals surface area contributed by atoms with E-state index in [1.165, 1.54) is 21.3 Å². The van der Waals surface area contributed by atoms with Gasteiger partial charge in [0.15, 0.2) is 11.5 Å². The number of hydrogen-bond acceptors (Lipinski definition) is 6. The highest BCUT2D eigenvalue weighted by Gasteiger charge is 2.17. The molecule has 0 saturated carbocycles. The topological polar surface area (TPSA) is 92.6 Å². The number of anilines is 2. The first kappa shape index (κ1) is 18.9. The van der Waals surface area contributed by atoms with Crippen molar-refractivity contribution in [3.8, 4) is 23.3 Å². The number of hydrogen-bond donors (Lipinski definition) is 2. The third kappa shape index (κ3) is 4.36. The largest absolute Gasteiger partial charge is 0.493 e. The van der Waals surface area contributed by atoms with Crippen molar-refractivity contribution in [3.63, 3.8) is 0 Å². The molecule has 0 bridgehead atoms. The average Bonchev–Trinajstić information content (AvgIpc) is 2.67. The van der Waals surface area contributed by atoms with E-state index >= 15 is 0 Å². The maximum atomic E-state index is 12.4. The van der Waals surface area contributed by atoms with Crippen molar-refractivity contribution in [2.24, 2.45) is 0 Å². The maximum absolute atomic E-state index is 12.4. The molecule has 2 N–H and O–H groups in total. The molecule has 7 heteroatoms. The van der Waals surface area contributed by atoms with Gasteiger partial charge in [-0.15, -0.1) is 0 Å². The number of amides is 1. The molecule has 2 rings (SSSR count). The molecule has 2 aromatic rings.